The SMILES string of the molecule is CC(C)N1CCN(c2ccc(S(=O)(=O)Oc3cccc(Cl)c3)cc2)C1=O. The van der Waals surface area contributed by atoms with Crippen LogP contribution in [-0.2, 0) is 10.1 Å². The van der Waals surface area contributed by atoms with E-state index < -0.39 is 10.1 Å². The first-order valence-electron chi connectivity index (χ1n) is 8.16. The van der Waals surface area contributed by atoms with Gasteiger partial charge >= 0.3 is 16.1 Å². The van der Waals surface area contributed by atoms with Gasteiger partial charge in [0.05, 0.1) is 0 Å². The average molecular weight is 395 g/mol. The van der Waals surface area contributed by atoms with Crippen molar-refractivity contribution in [3.05, 3.63) is 53.6 Å². The zero-order chi connectivity index (χ0) is 18.9. The van der Waals surface area contributed by atoms with Crippen molar-refractivity contribution >= 4 is 33.4 Å². The molecule has 1 aliphatic rings. The van der Waals surface area contributed by atoms with Crippen molar-refractivity contribution in [2.75, 3.05) is 18.0 Å². The number of hydrogen-bond donors (Lipinski definition) is 0. The van der Waals surface area contributed by atoms with Crippen LogP contribution in [0.3, 0.4) is 0 Å². The van der Waals surface area contributed by atoms with Crippen molar-refractivity contribution in [1.82, 2.24) is 4.90 Å². The molecule has 1 heterocycles. The lowest BCUT2D eigenvalue weighted by Crippen LogP contribution is -2.36. The fourth-order valence-electron chi connectivity index (χ4n) is 2.76. The number of anilines is 1. The van der Waals surface area contributed by atoms with E-state index in [2.05, 4.69) is 0 Å². The Bertz CT molecular complexity index is 913. The summed E-state index contributed by atoms with van der Waals surface area (Å²) in [5, 5.41) is 0.385. The Hall–Kier alpha value is -2.25. The molecule has 6 nitrogen and oxygen atoms in total. The van der Waals surface area contributed by atoms with E-state index >= 15 is 0 Å². The third-order valence-electron chi connectivity index (χ3n) is 4.10. The minimum Gasteiger partial charge on any atom is -0.379 e. The fraction of sp³-hybridized carbons (Fsp3) is 0.278. The number of amides is 2. The maximum Gasteiger partial charge on any atom is 0.339 e. The van der Waals surface area contributed by atoms with Gasteiger partial charge in [0.1, 0.15) is 10.6 Å². The zero-order valence-corrected chi connectivity index (χ0v) is 16.0. The van der Waals surface area contributed by atoms with Crippen LogP contribution in [0.4, 0.5) is 10.5 Å². The molecule has 0 saturated carbocycles. The quantitative estimate of drug-likeness (QED) is 0.724. The van der Waals surface area contributed by atoms with E-state index in [9.17, 15) is 13.2 Å². The summed E-state index contributed by atoms with van der Waals surface area (Å²) in [6.45, 7) is 5.14. The number of urea groups is 1. The van der Waals surface area contributed by atoms with Crippen molar-refractivity contribution in [3.8, 4) is 5.75 Å². The molecule has 1 saturated heterocycles. The average Bonchev–Trinajstić information content (AvgIpc) is 2.96. The number of halogens is 1. The smallest absolute Gasteiger partial charge is 0.339 e. The predicted octanol–water partition coefficient (Wildman–Crippen LogP) is 3.76. The molecule has 8 heteroatoms. The van der Waals surface area contributed by atoms with E-state index in [1.165, 1.54) is 24.3 Å². The standard InChI is InChI=1S/C18H19ClN2O4S/c1-13(2)20-10-11-21(18(20)22)15-6-8-17(9-7-15)26(23,24)25-16-5-3-4-14(19)12-16/h3-9,12-13H,10-11H2,1-2H3. The van der Waals surface area contributed by atoms with Crippen LogP contribution in [-0.4, -0.2) is 38.5 Å². The summed E-state index contributed by atoms with van der Waals surface area (Å²) in [6.07, 6.45) is 0. The first-order chi connectivity index (χ1) is 12.3. The lowest BCUT2D eigenvalue weighted by atomic mass is 10.3. The molecule has 0 N–H and O–H groups in total. The minimum atomic E-state index is -3.98. The summed E-state index contributed by atoms with van der Waals surface area (Å²) in [7, 11) is -3.98. The third-order valence-corrected chi connectivity index (χ3v) is 5.60. The summed E-state index contributed by atoms with van der Waals surface area (Å²) in [5.74, 6) is 0.142. The number of carbonyl (C=O) groups is 1. The van der Waals surface area contributed by atoms with E-state index in [-0.39, 0.29) is 22.7 Å². The molecule has 0 unspecified atom stereocenters. The van der Waals surface area contributed by atoms with Crippen LogP contribution >= 0.6 is 11.6 Å². The Morgan fingerprint density at radius 2 is 1.77 bits per heavy atom. The Labute approximate surface area is 158 Å². The lowest BCUT2D eigenvalue weighted by Gasteiger charge is -2.21. The van der Waals surface area contributed by atoms with Gasteiger partial charge < -0.3 is 9.08 Å². The summed E-state index contributed by atoms with van der Waals surface area (Å²) in [6, 6.07) is 12.3. The topological polar surface area (TPSA) is 66.9 Å². The highest BCUT2D eigenvalue weighted by Gasteiger charge is 2.31. The maximum absolute atomic E-state index is 12.4. The molecule has 0 radical (unpaired) electrons. The minimum absolute atomic E-state index is 0.00795. The number of carbonyl (C=O) groups excluding carboxylic acids is 1. The van der Waals surface area contributed by atoms with Gasteiger partial charge in [0.25, 0.3) is 0 Å². The summed E-state index contributed by atoms with van der Waals surface area (Å²) < 4.78 is 29.9. The maximum atomic E-state index is 12.4. The molecular weight excluding hydrogens is 376 g/mol. The summed E-state index contributed by atoms with van der Waals surface area (Å²) in [5.41, 5.74) is 0.653. The second-order valence-electron chi connectivity index (χ2n) is 6.21. The van der Waals surface area contributed by atoms with Crippen molar-refractivity contribution in [3.63, 3.8) is 0 Å². The van der Waals surface area contributed by atoms with Crippen molar-refractivity contribution < 1.29 is 17.4 Å². The van der Waals surface area contributed by atoms with Gasteiger partial charge in [0, 0.05) is 35.9 Å². The molecule has 1 aliphatic heterocycles. The third kappa shape index (κ3) is 3.78. The van der Waals surface area contributed by atoms with Gasteiger partial charge in [-0.05, 0) is 50.2 Å². The molecule has 138 valence electrons. The van der Waals surface area contributed by atoms with Gasteiger partial charge in [-0.3, -0.25) is 4.90 Å². The van der Waals surface area contributed by atoms with Gasteiger partial charge in [-0.1, -0.05) is 17.7 Å². The number of rotatable bonds is 5. The highest BCUT2D eigenvalue weighted by molar-refractivity contribution is 7.87. The normalized spacial score (nSPS) is 15.0. The Morgan fingerprint density at radius 1 is 1.08 bits per heavy atom. The molecule has 0 aliphatic carbocycles. The molecule has 0 atom stereocenters. The molecular formula is C18H19ClN2O4S. The second kappa shape index (κ2) is 7.17. The Balaban J connectivity index is 1.78. The van der Waals surface area contributed by atoms with Crippen LogP contribution in [0, 0.1) is 0 Å². The number of nitrogens with zero attached hydrogens (tertiary/aromatic N) is 2. The van der Waals surface area contributed by atoms with E-state index in [0.717, 1.165) is 0 Å². The van der Waals surface area contributed by atoms with Crippen molar-refractivity contribution in [2.45, 2.75) is 24.8 Å². The molecule has 2 amide bonds. The highest BCUT2D eigenvalue weighted by Crippen LogP contribution is 2.26. The van der Waals surface area contributed by atoms with Crippen LogP contribution < -0.4 is 9.08 Å². The second-order valence-corrected chi connectivity index (χ2v) is 8.19. The first-order valence-corrected chi connectivity index (χ1v) is 9.95. The largest absolute Gasteiger partial charge is 0.379 e. The van der Waals surface area contributed by atoms with Gasteiger partial charge in [-0.2, -0.15) is 8.42 Å². The van der Waals surface area contributed by atoms with E-state index in [4.69, 9.17) is 15.8 Å². The van der Waals surface area contributed by atoms with E-state index in [0.29, 0.717) is 23.8 Å². The van der Waals surface area contributed by atoms with Gasteiger partial charge in [0.2, 0.25) is 0 Å². The fourth-order valence-corrected chi connectivity index (χ4v) is 3.86. The van der Waals surface area contributed by atoms with Gasteiger partial charge in [-0.15, -0.1) is 0 Å². The molecule has 2 aromatic carbocycles. The predicted molar refractivity (Wildman–Crippen MR) is 100 cm³/mol. The molecule has 3 rings (SSSR count). The van der Waals surface area contributed by atoms with Crippen LogP contribution in [0.15, 0.2) is 53.4 Å². The van der Waals surface area contributed by atoms with Gasteiger partial charge in [0.15, 0.2) is 0 Å². The van der Waals surface area contributed by atoms with Crippen LogP contribution in [0.25, 0.3) is 0 Å². The molecule has 0 spiro atoms. The van der Waals surface area contributed by atoms with Crippen LogP contribution in [0.5, 0.6) is 5.75 Å². The Morgan fingerprint density at radius 3 is 2.35 bits per heavy atom. The molecule has 0 aromatic heterocycles. The molecule has 1 fully saturated rings. The highest BCUT2D eigenvalue weighted by atomic mass is 35.5. The van der Waals surface area contributed by atoms with Crippen LogP contribution in [0.2, 0.25) is 5.02 Å². The molecule has 26 heavy (non-hydrogen) atoms. The number of benzene rings is 2. The zero-order valence-electron chi connectivity index (χ0n) is 14.4. The summed E-state index contributed by atoms with van der Waals surface area (Å²) >= 11 is 5.84. The molecule has 0 bridgehead atoms. The van der Waals surface area contributed by atoms with Crippen molar-refractivity contribution in [1.29, 1.82) is 0 Å². The van der Waals surface area contributed by atoms with E-state index in [1.54, 1.807) is 34.1 Å². The summed E-state index contributed by atoms with van der Waals surface area (Å²) in [4.78, 5) is 15.8. The van der Waals surface area contributed by atoms with Crippen molar-refractivity contribution in [2.24, 2.45) is 0 Å². The monoisotopic (exact) mass is 394 g/mol. The molecule has 2 aromatic rings. The lowest BCUT2D eigenvalue weighted by molar-refractivity contribution is 0.209. The first kappa shape index (κ1) is 18.5. The van der Waals surface area contributed by atoms with Gasteiger partial charge in [-0.25, -0.2) is 4.79 Å². The van der Waals surface area contributed by atoms with E-state index in [1.807, 2.05) is 13.8 Å². The Kier molecular flexibility index (Phi) is 5.11. The number of hydrogen-bond acceptors (Lipinski definition) is 4. The van der Waals surface area contributed by atoms with Crippen LogP contribution in [0.1, 0.15) is 13.8 Å².